The number of benzene rings is 1. The molecular weight excluding hydrogens is 371 g/mol. The maximum Gasteiger partial charge on any atom is 0.416 e. The molecule has 1 saturated carbocycles. The van der Waals surface area contributed by atoms with E-state index >= 15 is 0 Å². The van der Waals surface area contributed by atoms with Crippen LogP contribution in [0.5, 0.6) is 5.75 Å². The van der Waals surface area contributed by atoms with Gasteiger partial charge in [0.05, 0.1) is 16.8 Å². The van der Waals surface area contributed by atoms with Crippen LogP contribution in [0, 0.1) is 17.2 Å². The summed E-state index contributed by atoms with van der Waals surface area (Å²) < 4.78 is 39.2. The third-order valence-corrected chi connectivity index (χ3v) is 5.14. The number of rotatable bonds is 3. The molecule has 0 aliphatic heterocycles. The van der Waals surface area contributed by atoms with Gasteiger partial charge in [0.1, 0.15) is 23.2 Å². The fraction of sp³-hybridized carbons (Fsp3) is 0.421. The molecule has 0 radical (unpaired) electrons. The highest BCUT2D eigenvalue weighted by molar-refractivity contribution is 5.68. The first-order valence-corrected chi connectivity index (χ1v) is 8.92. The van der Waals surface area contributed by atoms with Crippen molar-refractivity contribution in [3.05, 3.63) is 35.0 Å². The molecule has 1 aromatic carbocycles. The number of alkyl halides is 3. The van der Waals surface area contributed by atoms with Crippen molar-refractivity contribution >= 4 is 5.82 Å². The number of phenolic OH excluding ortho intramolecular Hbond substituents is 1. The van der Waals surface area contributed by atoms with Crippen LogP contribution in [0.3, 0.4) is 0 Å². The molecule has 1 fully saturated rings. The first-order valence-electron chi connectivity index (χ1n) is 8.92. The Morgan fingerprint density at radius 3 is 2.64 bits per heavy atom. The number of phenols is 1. The number of hydrogen-bond donors (Lipinski definition) is 3. The lowest BCUT2D eigenvalue weighted by molar-refractivity contribution is -0.137. The minimum Gasteiger partial charge on any atom is -0.507 e. The molecule has 28 heavy (non-hydrogen) atoms. The number of nitriles is 1. The summed E-state index contributed by atoms with van der Waals surface area (Å²) in [6.45, 7) is 0.514. The molecule has 9 heteroatoms. The molecule has 1 aromatic heterocycles. The van der Waals surface area contributed by atoms with Crippen LogP contribution < -0.4 is 11.5 Å². The average Bonchev–Trinajstić information content (AvgIpc) is 2.66. The highest BCUT2D eigenvalue weighted by Gasteiger charge is 2.32. The summed E-state index contributed by atoms with van der Waals surface area (Å²) in [5.41, 5.74) is 11.1. The molecule has 5 N–H and O–H groups in total. The molecule has 2 aromatic rings. The number of halogens is 3. The Morgan fingerprint density at radius 2 is 2.00 bits per heavy atom. The van der Waals surface area contributed by atoms with Crippen molar-refractivity contribution in [3.63, 3.8) is 0 Å². The van der Waals surface area contributed by atoms with Crippen LogP contribution >= 0.6 is 0 Å². The van der Waals surface area contributed by atoms with E-state index in [1.807, 2.05) is 6.07 Å². The zero-order valence-corrected chi connectivity index (χ0v) is 15.0. The Hall–Kier alpha value is -2.86. The number of nitrogens with two attached hydrogens (primary N) is 2. The van der Waals surface area contributed by atoms with E-state index < -0.39 is 17.5 Å². The second-order valence-corrected chi connectivity index (χ2v) is 7.00. The third-order valence-electron chi connectivity index (χ3n) is 5.14. The van der Waals surface area contributed by atoms with Gasteiger partial charge in [-0.25, -0.2) is 9.97 Å². The summed E-state index contributed by atoms with van der Waals surface area (Å²) in [5, 5.41) is 19.6. The first-order chi connectivity index (χ1) is 13.2. The quantitative estimate of drug-likeness (QED) is 0.735. The molecule has 1 aliphatic rings. The number of nitrogen functional groups attached to an aromatic ring is 1. The van der Waals surface area contributed by atoms with Gasteiger partial charge in [0, 0.05) is 5.92 Å². The molecular formula is C19H20F3N5O. The van der Waals surface area contributed by atoms with Crippen LogP contribution in [0.25, 0.3) is 11.4 Å². The van der Waals surface area contributed by atoms with Crippen molar-refractivity contribution in [3.8, 4) is 23.2 Å². The maximum atomic E-state index is 13.1. The minimum atomic E-state index is -4.58. The van der Waals surface area contributed by atoms with E-state index in [1.54, 1.807) is 0 Å². The Bertz CT molecular complexity index is 923. The zero-order valence-electron chi connectivity index (χ0n) is 15.0. The number of hydrogen-bond acceptors (Lipinski definition) is 6. The molecule has 148 valence electrons. The SMILES string of the molecule is N#Cc1c(N)nc(-c2cc(C(F)(F)F)ccc2O)nc1C1CCCC(CN)C1. The van der Waals surface area contributed by atoms with E-state index in [9.17, 15) is 23.5 Å². The van der Waals surface area contributed by atoms with Crippen LogP contribution in [0.2, 0.25) is 0 Å². The fourth-order valence-electron chi connectivity index (χ4n) is 3.67. The standard InChI is InChI=1S/C19H20F3N5O/c20-19(21,22)12-4-5-15(28)13(7-12)18-26-16(14(9-24)17(25)27-18)11-3-1-2-10(6-11)8-23/h4-5,7,10-11,28H,1-3,6,8,23H2,(H2,25,26,27). The van der Waals surface area contributed by atoms with E-state index in [4.69, 9.17) is 11.5 Å². The van der Waals surface area contributed by atoms with Gasteiger partial charge < -0.3 is 16.6 Å². The van der Waals surface area contributed by atoms with Gasteiger partial charge in [-0.05, 0) is 49.9 Å². The van der Waals surface area contributed by atoms with Gasteiger partial charge in [0.25, 0.3) is 0 Å². The number of anilines is 1. The van der Waals surface area contributed by atoms with Crippen LogP contribution in [-0.2, 0) is 6.18 Å². The molecule has 0 bridgehead atoms. The van der Waals surface area contributed by atoms with Crippen molar-refractivity contribution < 1.29 is 18.3 Å². The predicted molar refractivity (Wildman–Crippen MR) is 97.0 cm³/mol. The normalized spacial score (nSPS) is 20.0. The largest absolute Gasteiger partial charge is 0.507 e. The van der Waals surface area contributed by atoms with Gasteiger partial charge in [-0.2, -0.15) is 18.4 Å². The van der Waals surface area contributed by atoms with Crippen LogP contribution in [0.4, 0.5) is 19.0 Å². The molecule has 1 heterocycles. The monoisotopic (exact) mass is 391 g/mol. The highest BCUT2D eigenvalue weighted by atomic mass is 19.4. The van der Waals surface area contributed by atoms with Crippen LogP contribution in [-0.4, -0.2) is 21.6 Å². The third kappa shape index (κ3) is 3.87. The number of aromatic nitrogens is 2. The maximum absolute atomic E-state index is 13.1. The minimum absolute atomic E-state index is 0.0889. The van der Waals surface area contributed by atoms with Crippen molar-refractivity contribution in [2.24, 2.45) is 11.7 Å². The molecule has 0 saturated heterocycles. The van der Waals surface area contributed by atoms with Crippen LogP contribution in [0.15, 0.2) is 18.2 Å². The van der Waals surface area contributed by atoms with Crippen molar-refractivity contribution in [1.82, 2.24) is 9.97 Å². The van der Waals surface area contributed by atoms with Gasteiger partial charge in [0.2, 0.25) is 0 Å². The Kier molecular flexibility index (Phi) is 5.42. The summed E-state index contributed by atoms with van der Waals surface area (Å²) in [6.07, 6.45) is -1.20. The van der Waals surface area contributed by atoms with E-state index in [0.29, 0.717) is 12.2 Å². The topological polar surface area (TPSA) is 122 Å². The van der Waals surface area contributed by atoms with Crippen molar-refractivity contribution in [2.45, 2.75) is 37.8 Å². The van der Waals surface area contributed by atoms with E-state index in [0.717, 1.165) is 43.9 Å². The van der Waals surface area contributed by atoms with Crippen molar-refractivity contribution in [2.75, 3.05) is 12.3 Å². The summed E-state index contributed by atoms with van der Waals surface area (Å²) in [7, 11) is 0. The molecule has 1 aliphatic carbocycles. The smallest absolute Gasteiger partial charge is 0.416 e. The lowest BCUT2D eigenvalue weighted by atomic mass is 9.79. The summed E-state index contributed by atoms with van der Waals surface area (Å²) in [5.74, 6) is -0.452. The second kappa shape index (κ2) is 7.64. The second-order valence-electron chi connectivity index (χ2n) is 7.00. The Morgan fingerprint density at radius 1 is 1.25 bits per heavy atom. The van der Waals surface area contributed by atoms with E-state index in [-0.39, 0.29) is 34.6 Å². The molecule has 0 spiro atoms. The van der Waals surface area contributed by atoms with Gasteiger partial charge in [0.15, 0.2) is 5.82 Å². The molecule has 0 amide bonds. The highest BCUT2D eigenvalue weighted by Crippen LogP contribution is 2.40. The zero-order chi connectivity index (χ0) is 20.5. The van der Waals surface area contributed by atoms with Gasteiger partial charge in [-0.1, -0.05) is 6.42 Å². The average molecular weight is 391 g/mol. The molecule has 3 rings (SSSR count). The fourth-order valence-corrected chi connectivity index (χ4v) is 3.67. The van der Waals surface area contributed by atoms with E-state index in [1.165, 1.54) is 0 Å². The summed E-state index contributed by atoms with van der Waals surface area (Å²) in [6, 6.07) is 4.50. The molecule has 2 atom stereocenters. The van der Waals surface area contributed by atoms with Gasteiger partial charge >= 0.3 is 6.18 Å². The number of aromatic hydroxyl groups is 1. The molecule has 2 unspecified atom stereocenters. The van der Waals surface area contributed by atoms with Crippen molar-refractivity contribution in [1.29, 1.82) is 5.26 Å². The van der Waals surface area contributed by atoms with Gasteiger partial charge in [-0.15, -0.1) is 0 Å². The number of nitrogens with zero attached hydrogens (tertiary/aromatic N) is 3. The van der Waals surface area contributed by atoms with Crippen LogP contribution in [0.1, 0.15) is 48.4 Å². The lowest BCUT2D eigenvalue weighted by Gasteiger charge is -2.28. The van der Waals surface area contributed by atoms with Gasteiger partial charge in [-0.3, -0.25) is 0 Å². The summed E-state index contributed by atoms with van der Waals surface area (Å²) in [4.78, 5) is 8.35. The van der Waals surface area contributed by atoms with E-state index in [2.05, 4.69) is 9.97 Å². The predicted octanol–water partition coefficient (Wildman–Crippen LogP) is 3.55. The Labute approximate surface area is 160 Å². The first kappa shape index (κ1) is 19.9. The molecule has 6 nitrogen and oxygen atoms in total. The lowest BCUT2D eigenvalue weighted by Crippen LogP contribution is -2.23. The summed E-state index contributed by atoms with van der Waals surface area (Å²) >= 11 is 0. The Balaban J connectivity index is 2.12.